The van der Waals surface area contributed by atoms with E-state index in [0.29, 0.717) is 5.69 Å². The number of halogens is 2. The number of fused-ring (bicyclic) bond motifs is 1. The Morgan fingerprint density at radius 1 is 1.29 bits per heavy atom. The van der Waals surface area contributed by atoms with Gasteiger partial charge in [-0.15, -0.1) is 5.10 Å². The average Bonchev–Trinajstić information content (AvgIpc) is 3.00. The Labute approximate surface area is 162 Å². The summed E-state index contributed by atoms with van der Waals surface area (Å²) in [5.41, 5.74) is 0.711. The molecule has 3 heterocycles. The lowest BCUT2D eigenvalue weighted by Crippen LogP contribution is -2.22. The number of carboxylic acid groups (broad SMARTS) is 1. The van der Waals surface area contributed by atoms with Crippen LogP contribution in [0.4, 0.5) is 20.6 Å². The normalized spacial score (nSPS) is 12.0. The van der Waals surface area contributed by atoms with Gasteiger partial charge in [0.1, 0.15) is 0 Å². The van der Waals surface area contributed by atoms with Crippen molar-refractivity contribution in [2.45, 2.75) is 13.0 Å². The van der Waals surface area contributed by atoms with E-state index in [1.54, 1.807) is 6.92 Å². The maximum Gasteiger partial charge on any atom is 0.356 e. The summed E-state index contributed by atoms with van der Waals surface area (Å²) in [6, 6.07) is 1.72. The van der Waals surface area contributed by atoms with Gasteiger partial charge in [0, 0.05) is 13.2 Å². The average molecular weight is 409 g/mol. The summed E-state index contributed by atoms with van der Waals surface area (Å²) in [6.07, 6.45) is 1.96. The molecule has 0 saturated carbocycles. The number of anilines is 2. The van der Waals surface area contributed by atoms with Crippen molar-refractivity contribution in [3.8, 4) is 0 Å². The van der Waals surface area contributed by atoms with Gasteiger partial charge in [-0.1, -0.05) is 11.6 Å². The van der Waals surface area contributed by atoms with E-state index in [4.69, 9.17) is 21.4 Å². The Morgan fingerprint density at radius 3 is 2.68 bits per heavy atom. The summed E-state index contributed by atoms with van der Waals surface area (Å²) in [4.78, 5) is 31.0. The van der Waals surface area contributed by atoms with Crippen LogP contribution in [0.15, 0.2) is 24.5 Å². The van der Waals surface area contributed by atoms with Crippen LogP contribution in [-0.4, -0.2) is 43.8 Å². The molecule has 3 aromatic heterocycles. The van der Waals surface area contributed by atoms with Crippen LogP contribution >= 0.6 is 11.6 Å². The molecule has 0 radical (unpaired) electrons. The number of amides is 2. The minimum absolute atomic E-state index is 0.130. The highest BCUT2D eigenvalue weighted by atomic mass is 35.5. The van der Waals surface area contributed by atoms with Gasteiger partial charge < -0.3 is 20.5 Å². The number of urea groups is 1. The lowest BCUT2D eigenvalue weighted by Gasteiger charge is -2.17. The Balaban J connectivity index is 1.87. The molecule has 3 rings (SSSR count). The van der Waals surface area contributed by atoms with Crippen molar-refractivity contribution in [3.63, 3.8) is 0 Å². The summed E-state index contributed by atoms with van der Waals surface area (Å²) >= 11 is 5.83. The molecule has 0 fully saturated rings. The van der Waals surface area contributed by atoms with Crippen LogP contribution in [0.5, 0.6) is 0 Å². The number of methoxy groups -OCH3 is 1. The number of pyridine rings is 1. The highest BCUT2D eigenvalue weighted by molar-refractivity contribution is 6.33. The van der Waals surface area contributed by atoms with Crippen molar-refractivity contribution in [1.82, 2.24) is 19.6 Å². The second-order valence-corrected chi connectivity index (χ2v) is 6.02. The quantitative estimate of drug-likeness (QED) is 0.591. The molecule has 3 aromatic rings. The first-order chi connectivity index (χ1) is 13.3. The first kappa shape index (κ1) is 19.5. The number of nitrogens with zero attached hydrogens (tertiary/aromatic N) is 4. The van der Waals surface area contributed by atoms with Crippen LogP contribution in [0.3, 0.4) is 0 Å². The lowest BCUT2D eigenvalue weighted by molar-refractivity contribution is 0.0690. The molecule has 0 aliphatic rings. The highest BCUT2D eigenvalue weighted by Crippen LogP contribution is 2.26. The van der Waals surface area contributed by atoms with Crippen molar-refractivity contribution < 1.29 is 23.8 Å². The topological polar surface area (TPSA) is 131 Å². The SMILES string of the molecule is CO[C@@H](C)c1c(NC(=O)Nc2cnc(C(=O)O)c(Cl)c2)cnc2cc(F)nn12. The zero-order valence-electron chi connectivity index (χ0n) is 14.6. The van der Waals surface area contributed by atoms with Crippen molar-refractivity contribution in [3.05, 3.63) is 46.9 Å². The number of aromatic nitrogens is 4. The fourth-order valence-corrected chi connectivity index (χ4v) is 2.72. The van der Waals surface area contributed by atoms with E-state index in [9.17, 15) is 14.0 Å². The first-order valence-electron chi connectivity index (χ1n) is 7.84. The Bertz CT molecular complexity index is 1070. The van der Waals surface area contributed by atoms with Crippen LogP contribution < -0.4 is 10.6 Å². The molecule has 1 atom stereocenters. The van der Waals surface area contributed by atoms with Crippen molar-refractivity contribution in [2.24, 2.45) is 0 Å². The smallest absolute Gasteiger partial charge is 0.356 e. The molecule has 10 nitrogen and oxygen atoms in total. The molecule has 0 aliphatic heterocycles. The Morgan fingerprint density at radius 2 is 2.04 bits per heavy atom. The van der Waals surface area contributed by atoms with E-state index in [2.05, 4.69) is 25.7 Å². The van der Waals surface area contributed by atoms with Crippen LogP contribution in [0.2, 0.25) is 5.02 Å². The Hall–Kier alpha value is -3.31. The van der Waals surface area contributed by atoms with Crippen molar-refractivity contribution in [1.29, 1.82) is 0 Å². The standard InChI is InChI=1S/C16H14ClFN6O4/c1-7(28-2)14-10(6-19-12-4-11(18)23-24(12)14)22-16(27)21-8-3-9(17)13(15(25)26)20-5-8/h3-7H,1-2H3,(H,25,26)(H2,21,22,27)/t7-/m0/s1. The number of hydrogen-bond donors (Lipinski definition) is 3. The molecule has 0 spiro atoms. The molecule has 0 aromatic carbocycles. The second kappa shape index (κ2) is 7.74. The minimum atomic E-state index is -1.29. The number of rotatable bonds is 5. The summed E-state index contributed by atoms with van der Waals surface area (Å²) in [5.74, 6) is -2.01. The van der Waals surface area contributed by atoms with Gasteiger partial charge in [0.15, 0.2) is 11.3 Å². The van der Waals surface area contributed by atoms with Gasteiger partial charge in [-0.3, -0.25) is 0 Å². The lowest BCUT2D eigenvalue weighted by atomic mass is 10.2. The van der Waals surface area contributed by atoms with Gasteiger partial charge in [-0.25, -0.2) is 24.1 Å². The molecular weight excluding hydrogens is 395 g/mol. The van der Waals surface area contributed by atoms with E-state index in [-0.39, 0.29) is 27.7 Å². The molecule has 0 bridgehead atoms. The molecule has 28 heavy (non-hydrogen) atoms. The maximum atomic E-state index is 13.5. The van der Waals surface area contributed by atoms with Crippen molar-refractivity contribution in [2.75, 3.05) is 17.7 Å². The molecule has 12 heteroatoms. The molecule has 2 amide bonds. The predicted molar refractivity (Wildman–Crippen MR) is 97.2 cm³/mol. The molecular formula is C16H14ClFN6O4. The van der Waals surface area contributed by atoms with E-state index in [0.717, 1.165) is 12.3 Å². The molecule has 146 valence electrons. The highest BCUT2D eigenvalue weighted by Gasteiger charge is 2.19. The fourth-order valence-electron chi connectivity index (χ4n) is 2.47. The number of carboxylic acids is 1. The second-order valence-electron chi connectivity index (χ2n) is 5.61. The third-order valence-electron chi connectivity index (χ3n) is 3.78. The summed E-state index contributed by atoms with van der Waals surface area (Å²) < 4.78 is 20.0. The van der Waals surface area contributed by atoms with Gasteiger partial charge in [-0.05, 0) is 13.0 Å². The third-order valence-corrected chi connectivity index (χ3v) is 4.07. The zero-order chi connectivity index (χ0) is 20.4. The number of hydrogen-bond acceptors (Lipinski definition) is 6. The summed E-state index contributed by atoms with van der Waals surface area (Å²) in [5, 5.41) is 17.6. The van der Waals surface area contributed by atoms with Crippen LogP contribution in [-0.2, 0) is 4.74 Å². The van der Waals surface area contributed by atoms with E-state index in [1.807, 2.05) is 0 Å². The van der Waals surface area contributed by atoms with Crippen LogP contribution in [0, 0.1) is 5.95 Å². The number of ether oxygens (including phenoxy) is 1. The van der Waals surface area contributed by atoms with Crippen molar-refractivity contribution >= 4 is 40.6 Å². The third kappa shape index (κ3) is 3.85. The number of carbonyl (C=O) groups excluding carboxylic acids is 1. The number of nitrogens with one attached hydrogen (secondary N) is 2. The van der Waals surface area contributed by atoms with Gasteiger partial charge in [0.25, 0.3) is 0 Å². The molecule has 0 saturated heterocycles. The largest absolute Gasteiger partial charge is 0.476 e. The Kier molecular flexibility index (Phi) is 5.38. The van der Waals surface area contributed by atoms with E-state index in [1.165, 1.54) is 23.9 Å². The van der Waals surface area contributed by atoms with Gasteiger partial charge in [-0.2, -0.15) is 4.39 Å². The van der Waals surface area contributed by atoms with Gasteiger partial charge in [0.2, 0.25) is 5.95 Å². The summed E-state index contributed by atoms with van der Waals surface area (Å²) in [7, 11) is 1.46. The zero-order valence-corrected chi connectivity index (χ0v) is 15.4. The van der Waals surface area contributed by atoms with Gasteiger partial charge in [0.05, 0.1) is 40.6 Å². The number of aromatic carboxylic acids is 1. The first-order valence-corrected chi connectivity index (χ1v) is 8.21. The minimum Gasteiger partial charge on any atom is -0.476 e. The van der Waals surface area contributed by atoms with Crippen LogP contribution in [0.1, 0.15) is 29.2 Å². The molecule has 0 unspecified atom stereocenters. The predicted octanol–water partition coefficient (Wildman–Crippen LogP) is 2.97. The fraction of sp³-hybridized carbons (Fsp3) is 0.188. The number of carbonyl (C=O) groups is 2. The molecule has 3 N–H and O–H groups in total. The van der Waals surface area contributed by atoms with E-state index < -0.39 is 24.1 Å². The van der Waals surface area contributed by atoms with Gasteiger partial charge >= 0.3 is 12.0 Å². The summed E-state index contributed by atoms with van der Waals surface area (Å²) in [6.45, 7) is 1.70. The maximum absolute atomic E-state index is 13.5. The monoisotopic (exact) mass is 408 g/mol. The van der Waals surface area contributed by atoms with Crippen LogP contribution in [0.25, 0.3) is 5.65 Å². The van der Waals surface area contributed by atoms with E-state index >= 15 is 0 Å². The molecule has 0 aliphatic carbocycles.